The van der Waals surface area contributed by atoms with Gasteiger partial charge >= 0.3 is 0 Å². The van der Waals surface area contributed by atoms with E-state index in [0.717, 1.165) is 5.56 Å². The van der Waals surface area contributed by atoms with Crippen molar-refractivity contribution in [2.45, 2.75) is 18.3 Å². The molecular weight excluding hydrogens is 395 g/mol. The Hall–Kier alpha value is -3.17. The number of aliphatic hydroxyl groups is 1. The van der Waals surface area contributed by atoms with Crippen LogP contribution in [0.5, 0.6) is 0 Å². The van der Waals surface area contributed by atoms with Crippen LogP contribution >= 0.6 is 11.8 Å². The molecule has 2 amide bonds. The second kappa shape index (κ2) is 9.35. The molecule has 1 heterocycles. The molecule has 0 aliphatic rings. The van der Waals surface area contributed by atoms with Crippen molar-refractivity contribution in [1.29, 1.82) is 0 Å². The van der Waals surface area contributed by atoms with Crippen LogP contribution in [0.4, 0.5) is 10.1 Å². The number of nitrogens with one attached hydrogen (secondary N) is 1. The number of amides is 2. The van der Waals surface area contributed by atoms with Gasteiger partial charge in [-0.1, -0.05) is 23.9 Å². The van der Waals surface area contributed by atoms with Gasteiger partial charge in [0.05, 0.1) is 24.3 Å². The minimum Gasteiger partial charge on any atom is -0.390 e. The highest BCUT2D eigenvalue weighted by Crippen LogP contribution is 2.21. The molecule has 0 atom stereocenters. The van der Waals surface area contributed by atoms with Crippen molar-refractivity contribution in [3.63, 3.8) is 0 Å². The van der Waals surface area contributed by atoms with Crippen LogP contribution in [0.2, 0.25) is 0 Å². The van der Waals surface area contributed by atoms with Crippen molar-refractivity contribution < 1.29 is 19.1 Å². The molecule has 0 spiro atoms. The summed E-state index contributed by atoms with van der Waals surface area (Å²) in [6, 6.07) is 12.3. The Bertz CT molecular complexity index is 1000. The number of hydrogen-bond acceptors (Lipinski definition) is 5. The molecule has 29 heavy (non-hydrogen) atoms. The van der Waals surface area contributed by atoms with Gasteiger partial charge < -0.3 is 20.7 Å². The van der Waals surface area contributed by atoms with E-state index in [-0.39, 0.29) is 24.1 Å². The predicted octanol–water partition coefficient (Wildman–Crippen LogP) is 2.39. The van der Waals surface area contributed by atoms with Crippen molar-refractivity contribution in [1.82, 2.24) is 9.55 Å². The van der Waals surface area contributed by atoms with E-state index in [1.807, 2.05) is 0 Å². The fourth-order valence-corrected chi connectivity index (χ4v) is 3.42. The zero-order valence-corrected chi connectivity index (χ0v) is 16.2. The smallest absolute Gasteiger partial charge is 0.248 e. The SMILES string of the molecule is NC(=O)c1ccc(NC(=O)CSc2ncc(CO)n2Cc2ccc(F)cc2)cc1. The number of aromatic nitrogens is 2. The fraction of sp³-hybridized carbons (Fsp3) is 0.150. The predicted molar refractivity (Wildman–Crippen MR) is 108 cm³/mol. The minimum absolute atomic E-state index is 0.100. The number of primary amides is 1. The van der Waals surface area contributed by atoms with Gasteiger partial charge in [-0.05, 0) is 42.0 Å². The third kappa shape index (κ3) is 5.43. The molecule has 0 fully saturated rings. The summed E-state index contributed by atoms with van der Waals surface area (Å²) in [6.45, 7) is 0.196. The topological polar surface area (TPSA) is 110 Å². The van der Waals surface area contributed by atoms with Crippen LogP contribution in [0.25, 0.3) is 0 Å². The average molecular weight is 414 g/mol. The summed E-state index contributed by atoms with van der Waals surface area (Å²) in [4.78, 5) is 27.6. The standard InChI is InChI=1S/C20H19FN4O3S/c21-15-5-1-13(2-6-15)10-25-17(11-26)9-23-20(25)29-12-18(27)24-16-7-3-14(4-8-16)19(22)28/h1-9,26H,10-12H2,(H2,22,28)(H,24,27). The number of hydrogen-bond donors (Lipinski definition) is 3. The van der Waals surface area contributed by atoms with Gasteiger partial charge in [-0.15, -0.1) is 0 Å². The molecule has 3 rings (SSSR count). The van der Waals surface area contributed by atoms with E-state index in [4.69, 9.17) is 5.73 Å². The number of imidazole rings is 1. The first-order chi connectivity index (χ1) is 14.0. The summed E-state index contributed by atoms with van der Waals surface area (Å²) in [5, 5.41) is 12.8. The highest BCUT2D eigenvalue weighted by atomic mass is 32.2. The molecule has 0 saturated carbocycles. The minimum atomic E-state index is -0.536. The number of nitrogens with two attached hydrogens (primary N) is 1. The molecule has 0 unspecified atom stereocenters. The largest absolute Gasteiger partial charge is 0.390 e. The fourth-order valence-electron chi connectivity index (χ4n) is 2.62. The summed E-state index contributed by atoms with van der Waals surface area (Å²) in [7, 11) is 0. The van der Waals surface area contributed by atoms with Gasteiger partial charge in [-0.3, -0.25) is 9.59 Å². The maximum atomic E-state index is 13.1. The number of thioether (sulfide) groups is 1. The highest BCUT2D eigenvalue weighted by Gasteiger charge is 2.13. The maximum absolute atomic E-state index is 13.1. The molecule has 9 heteroatoms. The van der Waals surface area contributed by atoms with E-state index in [2.05, 4.69) is 10.3 Å². The Labute approximate surface area is 170 Å². The number of benzene rings is 2. The number of carbonyl (C=O) groups is 2. The number of carbonyl (C=O) groups excluding carboxylic acids is 2. The van der Waals surface area contributed by atoms with Crippen molar-refractivity contribution in [3.8, 4) is 0 Å². The first-order valence-corrected chi connectivity index (χ1v) is 9.67. The van der Waals surface area contributed by atoms with Gasteiger partial charge in [-0.2, -0.15) is 0 Å². The molecule has 7 nitrogen and oxygen atoms in total. The molecular formula is C20H19FN4O3S. The average Bonchev–Trinajstić information content (AvgIpc) is 3.10. The number of aliphatic hydroxyl groups excluding tert-OH is 1. The lowest BCUT2D eigenvalue weighted by Crippen LogP contribution is -2.15. The number of halogens is 1. The Morgan fingerprint density at radius 2 is 1.83 bits per heavy atom. The van der Waals surface area contributed by atoms with Gasteiger partial charge in [0.15, 0.2) is 5.16 Å². The van der Waals surface area contributed by atoms with E-state index in [1.54, 1.807) is 35.0 Å². The van der Waals surface area contributed by atoms with Crippen molar-refractivity contribution in [3.05, 3.63) is 77.4 Å². The lowest BCUT2D eigenvalue weighted by atomic mass is 10.2. The first kappa shape index (κ1) is 20.6. The van der Waals surface area contributed by atoms with Gasteiger partial charge in [-0.25, -0.2) is 9.37 Å². The van der Waals surface area contributed by atoms with Gasteiger partial charge in [0.2, 0.25) is 11.8 Å². The van der Waals surface area contributed by atoms with Crippen LogP contribution in [0.1, 0.15) is 21.6 Å². The Morgan fingerprint density at radius 1 is 1.14 bits per heavy atom. The number of nitrogens with zero attached hydrogens (tertiary/aromatic N) is 2. The third-order valence-electron chi connectivity index (χ3n) is 4.10. The number of rotatable bonds is 8. The van der Waals surface area contributed by atoms with Crippen LogP contribution < -0.4 is 11.1 Å². The summed E-state index contributed by atoms with van der Waals surface area (Å²) in [5.41, 5.74) is 7.54. The number of anilines is 1. The van der Waals surface area contributed by atoms with E-state index in [0.29, 0.717) is 28.6 Å². The van der Waals surface area contributed by atoms with E-state index in [9.17, 15) is 19.1 Å². The van der Waals surface area contributed by atoms with Crippen molar-refractivity contribution >= 4 is 29.3 Å². The van der Waals surface area contributed by atoms with Crippen LogP contribution in [-0.2, 0) is 17.9 Å². The van der Waals surface area contributed by atoms with Gasteiger partial charge in [0, 0.05) is 17.8 Å². The third-order valence-corrected chi connectivity index (χ3v) is 5.09. The molecule has 2 aromatic carbocycles. The molecule has 0 saturated heterocycles. The summed E-state index contributed by atoms with van der Waals surface area (Å²) in [5.74, 6) is -1.00. The van der Waals surface area contributed by atoms with Gasteiger partial charge in [0.25, 0.3) is 0 Å². The maximum Gasteiger partial charge on any atom is 0.248 e. The molecule has 0 bridgehead atoms. The second-order valence-electron chi connectivity index (χ2n) is 6.18. The lowest BCUT2D eigenvalue weighted by molar-refractivity contribution is -0.113. The molecule has 0 radical (unpaired) electrons. The Kier molecular flexibility index (Phi) is 6.63. The molecule has 1 aromatic heterocycles. The zero-order valence-electron chi connectivity index (χ0n) is 15.3. The van der Waals surface area contributed by atoms with E-state index < -0.39 is 5.91 Å². The lowest BCUT2D eigenvalue weighted by Gasteiger charge is -2.11. The molecule has 0 aliphatic carbocycles. The summed E-state index contributed by atoms with van der Waals surface area (Å²) < 4.78 is 14.9. The van der Waals surface area contributed by atoms with Gasteiger partial charge in [0.1, 0.15) is 5.82 Å². The van der Waals surface area contributed by atoms with Crippen LogP contribution in [0.15, 0.2) is 59.9 Å². The van der Waals surface area contributed by atoms with Crippen LogP contribution in [-0.4, -0.2) is 32.2 Å². The van der Waals surface area contributed by atoms with Crippen LogP contribution in [0, 0.1) is 5.82 Å². The normalized spacial score (nSPS) is 10.7. The summed E-state index contributed by atoms with van der Waals surface area (Å²) >= 11 is 1.22. The highest BCUT2D eigenvalue weighted by molar-refractivity contribution is 7.99. The quantitative estimate of drug-likeness (QED) is 0.490. The first-order valence-electron chi connectivity index (χ1n) is 8.68. The second-order valence-corrected chi connectivity index (χ2v) is 7.12. The Morgan fingerprint density at radius 3 is 2.45 bits per heavy atom. The molecule has 0 aliphatic heterocycles. The van der Waals surface area contributed by atoms with E-state index in [1.165, 1.54) is 36.0 Å². The monoisotopic (exact) mass is 414 g/mol. The van der Waals surface area contributed by atoms with Crippen LogP contribution in [0.3, 0.4) is 0 Å². The zero-order chi connectivity index (χ0) is 20.8. The van der Waals surface area contributed by atoms with Crippen molar-refractivity contribution in [2.24, 2.45) is 5.73 Å². The molecule has 150 valence electrons. The van der Waals surface area contributed by atoms with Crippen molar-refractivity contribution in [2.75, 3.05) is 11.1 Å². The van der Waals surface area contributed by atoms with E-state index >= 15 is 0 Å². The molecule has 3 aromatic rings. The summed E-state index contributed by atoms with van der Waals surface area (Å²) in [6.07, 6.45) is 1.55. The molecule has 4 N–H and O–H groups in total. The Balaban J connectivity index is 1.63.